The third-order valence-electron chi connectivity index (χ3n) is 3.53. The molecule has 1 aromatic rings. The highest BCUT2D eigenvalue weighted by Crippen LogP contribution is 2.24. The molecule has 0 N–H and O–H groups in total. The monoisotopic (exact) mass is 262 g/mol. The summed E-state index contributed by atoms with van der Waals surface area (Å²) in [6, 6.07) is 0.239. The maximum Gasteiger partial charge on any atom is 0.320 e. The minimum absolute atomic E-state index is 0.0879. The summed E-state index contributed by atoms with van der Waals surface area (Å²) in [5, 5.41) is 8.31. The maximum absolute atomic E-state index is 11.9. The van der Waals surface area contributed by atoms with Crippen molar-refractivity contribution in [3.8, 4) is 0 Å². The average Bonchev–Trinajstić information content (AvgIpc) is 2.90. The molecule has 7 heteroatoms. The summed E-state index contributed by atoms with van der Waals surface area (Å²) < 4.78 is 1.78. The third-order valence-corrected chi connectivity index (χ3v) is 3.53. The van der Waals surface area contributed by atoms with Gasteiger partial charge in [0, 0.05) is 20.1 Å². The van der Waals surface area contributed by atoms with Crippen LogP contribution in [0.1, 0.15) is 5.69 Å². The zero-order chi connectivity index (χ0) is 13.6. The summed E-state index contributed by atoms with van der Waals surface area (Å²) in [6.45, 7) is 2.14. The molecular weight excluding hydrogens is 244 g/mol. The van der Waals surface area contributed by atoms with E-state index in [1.165, 1.54) is 0 Å². The summed E-state index contributed by atoms with van der Waals surface area (Å²) in [4.78, 5) is 17.5. The fraction of sp³-hybridized carbons (Fsp3) is 0.583. The lowest BCUT2D eigenvalue weighted by Crippen LogP contribution is -2.31. The number of carbonyl (C=O) groups is 1. The van der Waals surface area contributed by atoms with Crippen LogP contribution in [0.3, 0.4) is 0 Å². The molecular formula is C12H18N6O. The first-order chi connectivity index (χ1) is 9.04. The van der Waals surface area contributed by atoms with E-state index in [1.54, 1.807) is 9.58 Å². The number of fused-ring (bicyclic) bond motifs is 2. The largest absolute Gasteiger partial charge is 0.320 e. The third kappa shape index (κ3) is 2.10. The van der Waals surface area contributed by atoms with Crippen LogP contribution in [0.4, 0.5) is 4.79 Å². The van der Waals surface area contributed by atoms with Crippen molar-refractivity contribution < 1.29 is 4.79 Å². The van der Waals surface area contributed by atoms with Gasteiger partial charge in [0.05, 0.1) is 30.2 Å². The van der Waals surface area contributed by atoms with Gasteiger partial charge in [0.1, 0.15) is 0 Å². The van der Waals surface area contributed by atoms with Crippen molar-refractivity contribution in [1.29, 1.82) is 0 Å². The number of hydrogen-bond donors (Lipinski definition) is 0. The molecule has 102 valence electrons. The predicted molar refractivity (Wildman–Crippen MR) is 70.2 cm³/mol. The van der Waals surface area contributed by atoms with Crippen molar-refractivity contribution >= 4 is 11.7 Å². The van der Waals surface area contributed by atoms with Crippen molar-refractivity contribution in [2.75, 3.05) is 34.2 Å². The summed E-state index contributed by atoms with van der Waals surface area (Å²) in [6.07, 6.45) is 4.04. The van der Waals surface area contributed by atoms with Crippen molar-refractivity contribution in [1.82, 2.24) is 29.7 Å². The molecule has 1 unspecified atom stereocenters. The van der Waals surface area contributed by atoms with Gasteiger partial charge >= 0.3 is 6.03 Å². The molecule has 1 aromatic heterocycles. The average molecular weight is 262 g/mol. The first kappa shape index (κ1) is 12.2. The number of hydrogen-bond acceptors (Lipinski definition) is 4. The first-order valence-electron chi connectivity index (χ1n) is 6.33. The minimum Gasteiger partial charge on any atom is -0.319 e. The van der Waals surface area contributed by atoms with E-state index in [1.807, 2.05) is 37.1 Å². The van der Waals surface area contributed by atoms with Gasteiger partial charge in [0.25, 0.3) is 0 Å². The standard InChI is InChI=1S/C12H18N6O/c1-15(2)5-9-6-18(14-13-9)11-4-10-7-17(8-11)12(19)16(10)3/h4,6,10H,5,7-8H2,1-3H3. The van der Waals surface area contributed by atoms with Crippen LogP contribution in [0.15, 0.2) is 12.3 Å². The fourth-order valence-corrected chi connectivity index (χ4v) is 2.54. The van der Waals surface area contributed by atoms with E-state index in [0.717, 1.165) is 24.5 Å². The van der Waals surface area contributed by atoms with Gasteiger partial charge < -0.3 is 14.7 Å². The molecule has 2 aliphatic rings. The number of rotatable bonds is 3. The van der Waals surface area contributed by atoms with Crippen LogP contribution in [-0.4, -0.2) is 76.0 Å². The maximum atomic E-state index is 11.9. The normalized spacial score (nSPS) is 22.4. The quantitative estimate of drug-likeness (QED) is 0.765. The Kier molecular flexibility index (Phi) is 2.78. The molecule has 1 saturated heterocycles. The second-order valence-corrected chi connectivity index (χ2v) is 5.39. The van der Waals surface area contributed by atoms with Gasteiger partial charge in [-0.3, -0.25) is 0 Å². The Morgan fingerprint density at radius 2 is 2.26 bits per heavy atom. The van der Waals surface area contributed by atoms with Crippen LogP contribution in [0, 0.1) is 0 Å². The van der Waals surface area contributed by atoms with Crippen LogP contribution in [0.25, 0.3) is 5.70 Å². The molecule has 0 aliphatic carbocycles. The number of urea groups is 1. The number of carbonyl (C=O) groups excluding carboxylic acids is 1. The molecule has 2 aliphatic heterocycles. The van der Waals surface area contributed by atoms with Crippen LogP contribution < -0.4 is 0 Å². The van der Waals surface area contributed by atoms with Gasteiger partial charge in [0.15, 0.2) is 0 Å². The van der Waals surface area contributed by atoms with E-state index < -0.39 is 0 Å². The lowest BCUT2D eigenvalue weighted by Gasteiger charge is -2.20. The highest BCUT2D eigenvalue weighted by Gasteiger charge is 2.37. The minimum atomic E-state index is 0.0879. The Morgan fingerprint density at radius 1 is 1.47 bits per heavy atom. The van der Waals surface area contributed by atoms with Crippen LogP contribution in [0.5, 0.6) is 0 Å². The van der Waals surface area contributed by atoms with Gasteiger partial charge in [-0.1, -0.05) is 5.21 Å². The Hall–Kier alpha value is -1.89. The topological polar surface area (TPSA) is 57.5 Å². The molecule has 1 fully saturated rings. The first-order valence-corrected chi connectivity index (χ1v) is 6.33. The Labute approximate surface area is 112 Å². The molecule has 0 radical (unpaired) electrons. The smallest absolute Gasteiger partial charge is 0.319 e. The van der Waals surface area contributed by atoms with Crippen molar-refractivity contribution in [2.24, 2.45) is 0 Å². The molecule has 2 bridgehead atoms. The molecule has 0 aromatic carbocycles. The second-order valence-electron chi connectivity index (χ2n) is 5.39. The van der Waals surface area contributed by atoms with Gasteiger partial charge in [-0.05, 0) is 20.2 Å². The highest BCUT2D eigenvalue weighted by atomic mass is 16.2. The Morgan fingerprint density at radius 3 is 2.95 bits per heavy atom. The van der Waals surface area contributed by atoms with Gasteiger partial charge in [-0.25, -0.2) is 9.48 Å². The van der Waals surface area contributed by atoms with E-state index in [0.29, 0.717) is 6.54 Å². The summed E-state index contributed by atoms with van der Waals surface area (Å²) in [5.41, 5.74) is 1.95. The van der Waals surface area contributed by atoms with Crippen LogP contribution >= 0.6 is 0 Å². The van der Waals surface area contributed by atoms with E-state index in [4.69, 9.17) is 0 Å². The summed E-state index contributed by atoms with van der Waals surface area (Å²) in [5.74, 6) is 0. The number of aromatic nitrogens is 3. The van der Waals surface area contributed by atoms with Crippen molar-refractivity contribution in [3.63, 3.8) is 0 Å². The summed E-state index contributed by atoms with van der Waals surface area (Å²) in [7, 11) is 5.84. The fourth-order valence-electron chi connectivity index (χ4n) is 2.54. The zero-order valence-electron chi connectivity index (χ0n) is 11.4. The molecule has 19 heavy (non-hydrogen) atoms. The van der Waals surface area contributed by atoms with Gasteiger partial charge in [-0.15, -0.1) is 5.10 Å². The zero-order valence-corrected chi connectivity index (χ0v) is 11.4. The van der Waals surface area contributed by atoms with E-state index in [-0.39, 0.29) is 12.1 Å². The SMILES string of the molecule is CN(C)Cc1cn(C2=CC3CN(C2)C(=O)N3C)nn1. The molecule has 0 spiro atoms. The summed E-state index contributed by atoms with van der Waals surface area (Å²) >= 11 is 0. The Balaban J connectivity index is 1.82. The van der Waals surface area contributed by atoms with Gasteiger partial charge in [-0.2, -0.15) is 0 Å². The number of amides is 2. The molecule has 0 saturated carbocycles. The van der Waals surface area contributed by atoms with E-state index in [2.05, 4.69) is 16.4 Å². The van der Waals surface area contributed by atoms with Crippen molar-refractivity contribution in [3.05, 3.63) is 18.0 Å². The molecule has 3 heterocycles. The molecule has 2 amide bonds. The van der Waals surface area contributed by atoms with E-state index in [9.17, 15) is 4.79 Å². The van der Waals surface area contributed by atoms with Gasteiger partial charge in [0.2, 0.25) is 0 Å². The van der Waals surface area contributed by atoms with Crippen LogP contribution in [0.2, 0.25) is 0 Å². The lowest BCUT2D eigenvalue weighted by molar-refractivity contribution is 0.201. The number of nitrogens with zero attached hydrogens (tertiary/aromatic N) is 6. The Bertz CT molecular complexity index is 534. The molecule has 7 nitrogen and oxygen atoms in total. The number of likely N-dealkylation sites (N-methyl/N-ethyl adjacent to an activating group) is 1. The van der Waals surface area contributed by atoms with E-state index >= 15 is 0 Å². The second kappa shape index (κ2) is 4.34. The van der Waals surface area contributed by atoms with Crippen molar-refractivity contribution in [2.45, 2.75) is 12.6 Å². The lowest BCUT2D eigenvalue weighted by atomic mass is 10.2. The molecule has 3 rings (SSSR count). The molecule has 1 atom stereocenters. The van der Waals surface area contributed by atoms with Crippen LogP contribution in [-0.2, 0) is 6.54 Å². The predicted octanol–water partition coefficient (Wildman–Crippen LogP) is -0.0698. The highest BCUT2D eigenvalue weighted by molar-refractivity contribution is 5.80.